The molecule has 1 radical (unpaired) electrons. The van der Waals surface area contributed by atoms with E-state index in [4.69, 9.17) is 0 Å². The van der Waals surface area contributed by atoms with Crippen molar-refractivity contribution in [1.29, 1.82) is 0 Å². The maximum absolute atomic E-state index is 10.1. The number of carbonyl (C=O) groups excluding carboxylic acids is 1. The summed E-state index contributed by atoms with van der Waals surface area (Å²) in [5.41, 5.74) is 0.605. The molecule has 0 spiro atoms. The predicted molar refractivity (Wildman–Crippen MR) is 43.5 cm³/mol. The molecular weight excluding hydrogens is 124 g/mol. The molecule has 0 aromatic heterocycles. The van der Waals surface area contributed by atoms with E-state index in [0.29, 0.717) is 11.5 Å². The van der Waals surface area contributed by atoms with Crippen LogP contribution in [0, 0.1) is 5.92 Å². The van der Waals surface area contributed by atoms with Gasteiger partial charge in [0.2, 0.25) is 6.29 Å². The van der Waals surface area contributed by atoms with Crippen LogP contribution in [0.5, 0.6) is 0 Å². The van der Waals surface area contributed by atoms with Gasteiger partial charge in [-0.2, -0.15) is 0 Å². The fourth-order valence-corrected chi connectivity index (χ4v) is 0.785. The summed E-state index contributed by atoms with van der Waals surface area (Å²) in [5.74, 6) is 0.317. The summed E-state index contributed by atoms with van der Waals surface area (Å²) in [4.78, 5) is 10.1. The zero-order valence-corrected chi connectivity index (χ0v) is 6.81. The van der Waals surface area contributed by atoms with Crippen LogP contribution in [0.4, 0.5) is 0 Å². The highest BCUT2D eigenvalue weighted by Gasteiger charge is 2.04. The van der Waals surface area contributed by atoms with E-state index in [0.717, 1.165) is 6.42 Å². The van der Waals surface area contributed by atoms with Gasteiger partial charge >= 0.3 is 0 Å². The van der Waals surface area contributed by atoms with Gasteiger partial charge in [0.05, 0.1) is 0 Å². The third-order valence-electron chi connectivity index (χ3n) is 1.72. The molecule has 1 heteroatoms. The van der Waals surface area contributed by atoms with Crippen LogP contribution in [-0.4, -0.2) is 6.29 Å². The lowest BCUT2D eigenvalue weighted by Crippen LogP contribution is -1.98. The second kappa shape index (κ2) is 5.21. The molecule has 0 saturated heterocycles. The van der Waals surface area contributed by atoms with Gasteiger partial charge in [-0.1, -0.05) is 33.3 Å². The van der Waals surface area contributed by atoms with Crippen molar-refractivity contribution >= 4 is 6.29 Å². The normalized spacial score (nSPS) is 12.6. The molecule has 0 aliphatic carbocycles. The lowest BCUT2D eigenvalue weighted by molar-refractivity contribution is 0.540. The van der Waals surface area contributed by atoms with Crippen molar-refractivity contribution in [3.63, 3.8) is 0 Å². The predicted octanol–water partition coefficient (Wildman–Crippen LogP) is 2.48. The van der Waals surface area contributed by atoms with E-state index in [9.17, 15) is 4.79 Å². The Balaban J connectivity index is 3.51. The summed E-state index contributed by atoms with van der Waals surface area (Å²) in [7, 11) is 0. The maximum Gasteiger partial charge on any atom is 0.228 e. The fourth-order valence-electron chi connectivity index (χ4n) is 0.785. The van der Waals surface area contributed by atoms with E-state index in [1.54, 1.807) is 0 Å². The minimum atomic E-state index is 0.317. The molecule has 57 valence electrons. The second-order valence-electron chi connectivity index (χ2n) is 2.67. The Bertz CT molecular complexity index is 116. The van der Waals surface area contributed by atoms with Crippen molar-refractivity contribution < 1.29 is 4.79 Å². The Labute approximate surface area is 63.1 Å². The van der Waals surface area contributed by atoms with E-state index in [1.165, 1.54) is 12.8 Å². The lowest BCUT2D eigenvalue weighted by Gasteiger charge is -2.06. The number of rotatable bonds is 5. The van der Waals surface area contributed by atoms with Crippen LogP contribution in [0.25, 0.3) is 0 Å². The third-order valence-corrected chi connectivity index (χ3v) is 1.72. The minimum absolute atomic E-state index is 0.317. The smallest absolute Gasteiger partial charge is 0.228 e. The van der Waals surface area contributed by atoms with E-state index >= 15 is 0 Å². The molecule has 1 unspecified atom stereocenters. The van der Waals surface area contributed by atoms with Gasteiger partial charge in [-0.25, -0.2) is 0 Å². The number of hydrogen-bond donors (Lipinski definition) is 0. The fraction of sp³-hybridized carbons (Fsp3) is 0.667. The van der Waals surface area contributed by atoms with Crippen molar-refractivity contribution in [1.82, 2.24) is 0 Å². The second-order valence-corrected chi connectivity index (χ2v) is 2.67. The van der Waals surface area contributed by atoms with Crippen molar-refractivity contribution in [3.05, 3.63) is 12.2 Å². The molecule has 0 saturated carbocycles. The monoisotopic (exact) mass is 139 g/mol. The van der Waals surface area contributed by atoms with E-state index in [-0.39, 0.29) is 0 Å². The van der Waals surface area contributed by atoms with Gasteiger partial charge in [0, 0.05) is 0 Å². The summed E-state index contributed by atoms with van der Waals surface area (Å²) in [6.45, 7) is 7.76. The molecule has 0 heterocycles. The first-order valence-corrected chi connectivity index (χ1v) is 3.79. The van der Waals surface area contributed by atoms with Gasteiger partial charge < -0.3 is 0 Å². The standard InChI is InChI=1S/C9H15O/c1-4-5-6-8(2)9(3)7-10/h8H,3-6H2,1-2H3. The molecule has 0 aromatic rings. The summed E-state index contributed by atoms with van der Waals surface area (Å²) >= 11 is 0. The van der Waals surface area contributed by atoms with E-state index in [2.05, 4.69) is 13.5 Å². The highest BCUT2D eigenvalue weighted by Crippen LogP contribution is 2.13. The number of unbranched alkanes of at least 4 members (excludes halogenated alkanes) is 1. The largest absolute Gasteiger partial charge is 0.285 e. The lowest BCUT2D eigenvalue weighted by atomic mass is 9.98. The first-order chi connectivity index (χ1) is 4.72. The average molecular weight is 139 g/mol. The van der Waals surface area contributed by atoms with Gasteiger partial charge in [0.25, 0.3) is 0 Å². The number of allylic oxidation sites excluding steroid dienone is 1. The molecule has 0 bridgehead atoms. The van der Waals surface area contributed by atoms with Gasteiger partial charge in [-0.15, -0.1) is 0 Å². The SMILES string of the molecule is C=C([C]=O)C(C)CCCC. The zero-order chi connectivity index (χ0) is 7.98. The van der Waals surface area contributed by atoms with Crippen LogP contribution >= 0.6 is 0 Å². The number of hydrogen-bond acceptors (Lipinski definition) is 1. The highest BCUT2D eigenvalue weighted by molar-refractivity contribution is 5.73. The first-order valence-electron chi connectivity index (χ1n) is 3.79. The quantitative estimate of drug-likeness (QED) is 0.535. The minimum Gasteiger partial charge on any atom is -0.285 e. The van der Waals surface area contributed by atoms with E-state index in [1.807, 2.05) is 13.2 Å². The van der Waals surface area contributed by atoms with Crippen LogP contribution in [0.1, 0.15) is 33.1 Å². The van der Waals surface area contributed by atoms with Gasteiger partial charge in [0.1, 0.15) is 0 Å². The Morgan fingerprint density at radius 2 is 2.30 bits per heavy atom. The van der Waals surface area contributed by atoms with Gasteiger partial charge in [-0.3, -0.25) is 4.79 Å². The zero-order valence-electron chi connectivity index (χ0n) is 6.81. The molecule has 0 N–H and O–H groups in total. The van der Waals surface area contributed by atoms with Crippen LogP contribution in [0.15, 0.2) is 12.2 Å². The summed E-state index contributed by atoms with van der Waals surface area (Å²) < 4.78 is 0. The summed E-state index contributed by atoms with van der Waals surface area (Å²) in [5, 5.41) is 0. The molecule has 0 rings (SSSR count). The van der Waals surface area contributed by atoms with Gasteiger partial charge in [0.15, 0.2) is 0 Å². The Morgan fingerprint density at radius 1 is 1.70 bits per heavy atom. The van der Waals surface area contributed by atoms with Crippen molar-refractivity contribution in [3.8, 4) is 0 Å². The summed E-state index contributed by atoms with van der Waals surface area (Å²) in [6.07, 6.45) is 5.23. The first kappa shape index (κ1) is 9.41. The molecule has 0 fully saturated rings. The van der Waals surface area contributed by atoms with Gasteiger partial charge in [-0.05, 0) is 17.9 Å². The van der Waals surface area contributed by atoms with Crippen molar-refractivity contribution in [2.75, 3.05) is 0 Å². The molecule has 10 heavy (non-hydrogen) atoms. The third kappa shape index (κ3) is 3.44. The molecule has 1 atom stereocenters. The van der Waals surface area contributed by atoms with E-state index < -0.39 is 0 Å². The molecule has 0 aliphatic rings. The van der Waals surface area contributed by atoms with Crippen molar-refractivity contribution in [2.45, 2.75) is 33.1 Å². The highest BCUT2D eigenvalue weighted by atomic mass is 16.1. The maximum atomic E-state index is 10.1. The topological polar surface area (TPSA) is 17.1 Å². The Hall–Kier alpha value is -0.590. The summed E-state index contributed by atoms with van der Waals surface area (Å²) in [6, 6.07) is 0. The van der Waals surface area contributed by atoms with Crippen LogP contribution in [0.3, 0.4) is 0 Å². The molecule has 0 aromatic carbocycles. The molecular formula is C9H15O. The molecule has 1 nitrogen and oxygen atoms in total. The molecule has 0 aliphatic heterocycles. The average Bonchev–Trinajstić information content (AvgIpc) is 1.98. The Morgan fingerprint density at radius 3 is 2.70 bits per heavy atom. The van der Waals surface area contributed by atoms with Crippen LogP contribution < -0.4 is 0 Å². The van der Waals surface area contributed by atoms with Crippen LogP contribution in [0.2, 0.25) is 0 Å². The molecule has 0 amide bonds. The van der Waals surface area contributed by atoms with Crippen molar-refractivity contribution in [2.24, 2.45) is 5.92 Å². The van der Waals surface area contributed by atoms with Crippen LogP contribution in [-0.2, 0) is 4.79 Å². The Kier molecular flexibility index (Phi) is 4.91.